The van der Waals surface area contributed by atoms with Crippen LogP contribution in [0, 0.1) is 0 Å². The standard InChI is InChI=1S/C17H20F3N3O4/c1-4-9-26-23(15(24)11(2)25-3)10-12-5-7-13(8-6-12)14-21-16(27-22-14)17(18,19)20/h5-8,11H,4,9-10H2,1-3H3. The van der Waals surface area contributed by atoms with Gasteiger partial charge in [-0.2, -0.15) is 18.2 Å². The fourth-order valence-corrected chi connectivity index (χ4v) is 2.07. The minimum Gasteiger partial charge on any atom is -0.372 e. The number of ether oxygens (including phenoxy) is 1. The highest BCUT2D eigenvalue weighted by Gasteiger charge is 2.38. The lowest BCUT2D eigenvalue weighted by atomic mass is 10.1. The van der Waals surface area contributed by atoms with Gasteiger partial charge < -0.3 is 9.26 Å². The Labute approximate surface area is 154 Å². The zero-order valence-corrected chi connectivity index (χ0v) is 15.1. The molecule has 1 atom stereocenters. The number of hydrogen-bond donors (Lipinski definition) is 0. The quantitative estimate of drug-likeness (QED) is 0.646. The first-order valence-electron chi connectivity index (χ1n) is 8.23. The third-order valence-electron chi connectivity index (χ3n) is 3.61. The summed E-state index contributed by atoms with van der Waals surface area (Å²) in [6, 6.07) is 6.38. The molecule has 0 radical (unpaired) electrons. The van der Waals surface area contributed by atoms with Gasteiger partial charge in [0.2, 0.25) is 5.82 Å². The molecule has 1 heterocycles. The van der Waals surface area contributed by atoms with Crippen LogP contribution in [0.15, 0.2) is 28.8 Å². The van der Waals surface area contributed by atoms with Crippen molar-refractivity contribution in [2.75, 3.05) is 13.7 Å². The summed E-state index contributed by atoms with van der Waals surface area (Å²) in [5.41, 5.74) is 1.07. The molecule has 0 saturated heterocycles. The molecule has 0 N–H and O–H groups in total. The number of alkyl halides is 3. The van der Waals surface area contributed by atoms with E-state index in [2.05, 4.69) is 14.7 Å². The van der Waals surface area contributed by atoms with Crippen LogP contribution < -0.4 is 0 Å². The zero-order valence-electron chi connectivity index (χ0n) is 15.1. The summed E-state index contributed by atoms with van der Waals surface area (Å²) in [7, 11) is 1.43. The van der Waals surface area contributed by atoms with Crippen LogP contribution in [-0.4, -0.2) is 40.9 Å². The average Bonchev–Trinajstić information content (AvgIpc) is 3.15. The lowest BCUT2D eigenvalue weighted by Crippen LogP contribution is -2.38. The van der Waals surface area contributed by atoms with Gasteiger partial charge in [0.25, 0.3) is 5.91 Å². The van der Waals surface area contributed by atoms with Crippen molar-refractivity contribution >= 4 is 5.91 Å². The average molecular weight is 387 g/mol. The van der Waals surface area contributed by atoms with E-state index in [0.29, 0.717) is 17.7 Å². The summed E-state index contributed by atoms with van der Waals surface area (Å²) < 4.78 is 46.9. The highest BCUT2D eigenvalue weighted by Crippen LogP contribution is 2.29. The Kier molecular flexibility index (Phi) is 6.92. The van der Waals surface area contributed by atoms with E-state index in [1.165, 1.54) is 12.2 Å². The van der Waals surface area contributed by atoms with Gasteiger partial charge in [0, 0.05) is 12.7 Å². The Morgan fingerprint density at radius 2 is 1.96 bits per heavy atom. The number of methoxy groups -OCH3 is 1. The number of aromatic nitrogens is 2. The first kappa shape index (κ1) is 20.8. The minimum absolute atomic E-state index is 0.160. The fraction of sp³-hybridized carbons (Fsp3) is 0.471. The molecule has 148 valence electrons. The molecule has 2 aromatic rings. The van der Waals surface area contributed by atoms with E-state index in [9.17, 15) is 18.0 Å². The topological polar surface area (TPSA) is 77.7 Å². The van der Waals surface area contributed by atoms with E-state index in [-0.39, 0.29) is 18.3 Å². The molecular formula is C17H20F3N3O4. The van der Waals surface area contributed by atoms with Gasteiger partial charge in [-0.3, -0.25) is 9.63 Å². The van der Waals surface area contributed by atoms with Crippen molar-refractivity contribution in [1.29, 1.82) is 0 Å². The number of benzene rings is 1. The van der Waals surface area contributed by atoms with Crippen molar-refractivity contribution in [3.8, 4) is 11.4 Å². The Morgan fingerprint density at radius 1 is 1.30 bits per heavy atom. The summed E-state index contributed by atoms with van der Waals surface area (Å²) in [4.78, 5) is 21.1. The number of rotatable bonds is 8. The monoisotopic (exact) mass is 387 g/mol. The van der Waals surface area contributed by atoms with Gasteiger partial charge in [-0.25, -0.2) is 5.06 Å². The van der Waals surface area contributed by atoms with Crippen LogP contribution in [0.5, 0.6) is 0 Å². The van der Waals surface area contributed by atoms with Crippen LogP contribution in [0.25, 0.3) is 11.4 Å². The van der Waals surface area contributed by atoms with E-state index in [1.54, 1.807) is 31.2 Å². The number of amides is 1. The predicted molar refractivity (Wildman–Crippen MR) is 88.0 cm³/mol. The number of carbonyl (C=O) groups is 1. The highest BCUT2D eigenvalue weighted by molar-refractivity contribution is 5.79. The number of nitrogens with zero attached hydrogens (tertiary/aromatic N) is 3. The minimum atomic E-state index is -4.69. The maximum absolute atomic E-state index is 12.5. The summed E-state index contributed by atoms with van der Waals surface area (Å²) in [6.07, 6.45) is -4.63. The molecule has 7 nitrogen and oxygen atoms in total. The second kappa shape index (κ2) is 8.96. The Balaban J connectivity index is 2.12. The molecular weight excluding hydrogens is 367 g/mol. The van der Waals surface area contributed by atoms with Gasteiger partial charge in [0.15, 0.2) is 0 Å². The van der Waals surface area contributed by atoms with Crippen molar-refractivity contribution in [3.63, 3.8) is 0 Å². The lowest BCUT2D eigenvalue weighted by molar-refractivity contribution is -0.199. The zero-order chi connectivity index (χ0) is 20.0. The molecule has 1 aromatic carbocycles. The molecule has 0 aliphatic heterocycles. The molecule has 0 spiro atoms. The van der Waals surface area contributed by atoms with Gasteiger partial charge in [0.1, 0.15) is 6.10 Å². The van der Waals surface area contributed by atoms with Crippen LogP contribution in [0.2, 0.25) is 0 Å². The molecule has 0 saturated carbocycles. The molecule has 0 aliphatic rings. The van der Waals surface area contributed by atoms with Crippen molar-refractivity contribution in [1.82, 2.24) is 15.2 Å². The van der Waals surface area contributed by atoms with E-state index >= 15 is 0 Å². The van der Waals surface area contributed by atoms with Crippen molar-refractivity contribution in [2.24, 2.45) is 0 Å². The number of carbonyl (C=O) groups excluding carboxylic acids is 1. The van der Waals surface area contributed by atoms with E-state index in [1.807, 2.05) is 6.92 Å². The molecule has 2 rings (SSSR count). The second-order valence-corrected chi connectivity index (χ2v) is 5.70. The third-order valence-corrected chi connectivity index (χ3v) is 3.61. The van der Waals surface area contributed by atoms with Gasteiger partial charge in [-0.05, 0) is 18.9 Å². The number of halogens is 3. The van der Waals surface area contributed by atoms with E-state index in [4.69, 9.17) is 9.57 Å². The molecule has 0 fully saturated rings. The van der Waals surface area contributed by atoms with Crippen LogP contribution in [-0.2, 0) is 27.1 Å². The molecule has 27 heavy (non-hydrogen) atoms. The first-order valence-corrected chi connectivity index (χ1v) is 8.23. The summed E-state index contributed by atoms with van der Waals surface area (Å²) >= 11 is 0. The maximum Gasteiger partial charge on any atom is 0.471 e. The van der Waals surface area contributed by atoms with Gasteiger partial charge in [-0.15, -0.1) is 0 Å². The normalized spacial score (nSPS) is 12.8. The maximum atomic E-state index is 12.5. The number of hydrogen-bond acceptors (Lipinski definition) is 6. The predicted octanol–water partition coefficient (Wildman–Crippen LogP) is 3.46. The van der Waals surface area contributed by atoms with E-state index < -0.39 is 18.2 Å². The Hall–Kier alpha value is -2.46. The Bertz CT molecular complexity index is 747. The number of hydroxylamine groups is 2. The van der Waals surface area contributed by atoms with Crippen molar-refractivity contribution in [2.45, 2.75) is 39.1 Å². The second-order valence-electron chi connectivity index (χ2n) is 5.70. The molecule has 0 bridgehead atoms. The van der Waals surface area contributed by atoms with Gasteiger partial charge in [0.05, 0.1) is 13.2 Å². The molecule has 1 unspecified atom stereocenters. The van der Waals surface area contributed by atoms with Crippen LogP contribution in [0.4, 0.5) is 13.2 Å². The first-order chi connectivity index (χ1) is 12.8. The van der Waals surface area contributed by atoms with Gasteiger partial charge >= 0.3 is 12.1 Å². The summed E-state index contributed by atoms with van der Waals surface area (Å²) in [5.74, 6) is -1.90. The highest BCUT2D eigenvalue weighted by atomic mass is 19.4. The lowest BCUT2D eigenvalue weighted by Gasteiger charge is -2.24. The molecule has 0 aliphatic carbocycles. The van der Waals surface area contributed by atoms with Crippen molar-refractivity contribution < 1.29 is 32.1 Å². The summed E-state index contributed by atoms with van der Waals surface area (Å²) in [5, 5.41) is 4.55. The van der Waals surface area contributed by atoms with Gasteiger partial charge in [-0.1, -0.05) is 36.3 Å². The van der Waals surface area contributed by atoms with Crippen molar-refractivity contribution in [3.05, 3.63) is 35.7 Å². The Morgan fingerprint density at radius 3 is 2.48 bits per heavy atom. The SMILES string of the molecule is CCCON(Cc1ccc(-c2noc(C(F)(F)F)n2)cc1)C(=O)C(C)OC. The fourth-order valence-electron chi connectivity index (χ4n) is 2.07. The third kappa shape index (κ3) is 5.51. The largest absolute Gasteiger partial charge is 0.471 e. The molecule has 1 amide bonds. The van der Waals surface area contributed by atoms with Crippen LogP contribution >= 0.6 is 0 Å². The molecule has 10 heteroatoms. The van der Waals surface area contributed by atoms with Crippen LogP contribution in [0.3, 0.4) is 0 Å². The molecule has 1 aromatic heterocycles. The van der Waals surface area contributed by atoms with Crippen LogP contribution in [0.1, 0.15) is 31.7 Å². The smallest absolute Gasteiger partial charge is 0.372 e. The van der Waals surface area contributed by atoms with E-state index in [0.717, 1.165) is 6.42 Å². The summed E-state index contributed by atoms with van der Waals surface area (Å²) in [6.45, 7) is 4.05.